The Morgan fingerprint density at radius 2 is 1.79 bits per heavy atom. The van der Waals surface area contributed by atoms with E-state index in [1.165, 1.54) is 11.0 Å². The number of hydrogen-bond acceptors (Lipinski definition) is 2. The summed E-state index contributed by atoms with van der Waals surface area (Å²) < 4.78 is 39.9. The summed E-state index contributed by atoms with van der Waals surface area (Å²) in [5.74, 6) is -0.292. The highest BCUT2D eigenvalue weighted by Crippen LogP contribution is 2.44. The Bertz CT molecular complexity index is 1020. The number of halogens is 3. The number of rotatable bonds is 3. The number of hydrogen-bond donors (Lipinski definition) is 1. The smallest absolute Gasteiger partial charge is 0.295 e. The lowest BCUT2D eigenvalue weighted by Crippen LogP contribution is -2.29. The fourth-order valence-electron chi connectivity index (χ4n) is 3.66. The molecule has 2 heterocycles. The molecule has 4 nitrogen and oxygen atoms in total. The van der Waals surface area contributed by atoms with Crippen LogP contribution in [0.15, 0.2) is 54.6 Å². The van der Waals surface area contributed by atoms with E-state index in [0.717, 1.165) is 17.8 Å². The second-order valence-corrected chi connectivity index (χ2v) is 7.09. The first-order valence-electron chi connectivity index (χ1n) is 8.93. The predicted molar refractivity (Wildman–Crippen MR) is 99.2 cm³/mol. The zero-order valence-electron chi connectivity index (χ0n) is 15.3. The topological polar surface area (TPSA) is 49.0 Å². The molecule has 1 N–H and O–H groups in total. The van der Waals surface area contributed by atoms with Gasteiger partial charge in [-0.15, -0.1) is 0 Å². The average molecular weight is 385 g/mol. The van der Waals surface area contributed by atoms with Crippen molar-refractivity contribution in [2.45, 2.75) is 32.0 Å². The third kappa shape index (κ3) is 2.87. The summed E-state index contributed by atoms with van der Waals surface area (Å²) in [5, 5.41) is 7.09. The van der Waals surface area contributed by atoms with Gasteiger partial charge in [-0.05, 0) is 35.7 Å². The number of aromatic amines is 1. The fraction of sp³-hybridized carbons (Fsp3) is 0.238. The van der Waals surface area contributed by atoms with Crippen LogP contribution in [0, 0.1) is 0 Å². The number of aromatic nitrogens is 2. The van der Waals surface area contributed by atoms with Gasteiger partial charge < -0.3 is 0 Å². The molecule has 1 unspecified atom stereocenters. The van der Waals surface area contributed by atoms with E-state index < -0.39 is 17.8 Å². The third-order valence-electron chi connectivity index (χ3n) is 4.93. The molecule has 1 atom stereocenters. The molecular weight excluding hydrogens is 367 g/mol. The minimum Gasteiger partial charge on any atom is -0.295 e. The van der Waals surface area contributed by atoms with Crippen LogP contribution < -0.4 is 4.90 Å². The van der Waals surface area contributed by atoms with Gasteiger partial charge in [0.1, 0.15) is 0 Å². The average Bonchev–Trinajstić information content (AvgIpc) is 3.21. The fourth-order valence-corrected chi connectivity index (χ4v) is 3.66. The van der Waals surface area contributed by atoms with E-state index in [1.54, 1.807) is 30.3 Å². The van der Waals surface area contributed by atoms with Crippen molar-refractivity contribution in [1.29, 1.82) is 0 Å². The number of para-hydroxylation sites is 1. The Hall–Kier alpha value is -3.09. The molecule has 2 aromatic carbocycles. The summed E-state index contributed by atoms with van der Waals surface area (Å²) in [6.45, 7) is 3.90. The van der Waals surface area contributed by atoms with Gasteiger partial charge >= 0.3 is 6.18 Å². The van der Waals surface area contributed by atoms with Crippen LogP contribution >= 0.6 is 0 Å². The largest absolute Gasteiger partial charge is 0.416 e. The molecule has 1 amide bonds. The number of anilines is 1. The maximum absolute atomic E-state index is 13.3. The second kappa shape index (κ2) is 6.51. The lowest BCUT2D eigenvalue weighted by molar-refractivity contribution is -0.137. The maximum atomic E-state index is 13.3. The highest BCUT2D eigenvalue weighted by atomic mass is 19.4. The lowest BCUT2D eigenvalue weighted by atomic mass is 9.93. The van der Waals surface area contributed by atoms with Crippen LogP contribution in [0.4, 0.5) is 18.9 Å². The molecule has 3 aromatic rings. The molecule has 0 saturated carbocycles. The molecule has 1 aromatic heterocycles. The molecule has 0 spiro atoms. The standard InChI is InChI=1S/C21H18F3N3O/c1-12(2)17-16-18(26-25-17)20(28)27(15-9-4-3-5-10-15)19(16)13-7-6-8-14(11-13)21(22,23)24/h3-12,19H,1-2H3,(H,25,26). The van der Waals surface area contributed by atoms with Crippen molar-refractivity contribution in [3.05, 3.63) is 82.7 Å². The van der Waals surface area contributed by atoms with Gasteiger partial charge in [-0.1, -0.05) is 44.2 Å². The van der Waals surface area contributed by atoms with Crippen molar-refractivity contribution in [3.63, 3.8) is 0 Å². The van der Waals surface area contributed by atoms with Gasteiger partial charge in [-0.3, -0.25) is 14.8 Å². The van der Waals surface area contributed by atoms with E-state index >= 15 is 0 Å². The summed E-state index contributed by atoms with van der Waals surface area (Å²) in [6, 6.07) is 13.4. The van der Waals surface area contributed by atoms with Crippen LogP contribution in [0.2, 0.25) is 0 Å². The van der Waals surface area contributed by atoms with E-state index in [1.807, 2.05) is 19.9 Å². The highest BCUT2D eigenvalue weighted by molar-refractivity contribution is 6.10. The molecule has 144 valence electrons. The van der Waals surface area contributed by atoms with Crippen molar-refractivity contribution in [2.24, 2.45) is 0 Å². The van der Waals surface area contributed by atoms with E-state index in [-0.39, 0.29) is 17.5 Å². The molecule has 1 aliphatic heterocycles. The summed E-state index contributed by atoms with van der Waals surface area (Å²) in [5.41, 5.74) is 1.92. The minimum atomic E-state index is -4.46. The van der Waals surface area contributed by atoms with Crippen LogP contribution in [0.1, 0.15) is 58.7 Å². The molecule has 7 heteroatoms. The van der Waals surface area contributed by atoms with Crippen LogP contribution in [0.5, 0.6) is 0 Å². The second-order valence-electron chi connectivity index (χ2n) is 7.09. The van der Waals surface area contributed by atoms with Crippen molar-refractivity contribution in [3.8, 4) is 0 Å². The molecule has 4 rings (SSSR count). The Balaban J connectivity index is 1.93. The van der Waals surface area contributed by atoms with Crippen LogP contribution in [0.25, 0.3) is 0 Å². The van der Waals surface area contributed by atoms with Gasteiger partial charge in [-0.2, -0.15) is 18.3 Å². The molecule has 1 aliphatic rings. The number of nitrogens with zero attached hydrogens (tertiary/aromatic N) is 2. The van der Waals surface area contributed by atoms with Gasteiger partial charge in [0.15, 0.2) is 5.69 Å². The Morgan fingerprint density at radius 3 is 2.43 bits per heavy atom. The monoisotopic (exact) mass is 385 g/mol. The van der Waals surface area contributed by atoms with Gasteiger partial charge in [0.25, 0.3) is 5.91 Å². The normalized spacial score (nSPS) is 16.7. The molecular formula is C21H18F3N3O. The lowest BCUT2D eigenvalue weighted by Gasteiger charge is -2.27. The number of carbonyl (C=O) groups excluding carboxylic acids is 1. The highest BCUT2D eigenvalue weighted by Gasteiger charge is 2.44. The molecule has 0 aliphatic carbocycles. The first kappa shape index (κ1) is 18.3. The molecule has 28 heavy (non-hydrogen) atoms. The van der Waals surface area contributed by atoms with Crippen molar-refractivity contribution >= 4 is 11.6 Å². The van der Waals surface area contributed by atoms with Crippen molar-refractivity contribution in [1.82, 2.24) is 10.2 Å². The van der Waals surface area contributed by atoms with Crippen molar-refractivity contribution in [2.75, 3.05) is 4.90 Å². The predicted octanol–water partition coefficient (Wildman–Crippen LogP) is 5.30. The van der Waals surface area contributed by atoms with Crippen LogP contribution in [-0.2, 0) is 6.18 Å². The number of carbonyl (C=O) groups is 1. The van der Waals surface area contributed by atoms with Gasteiger partial charge in [0, 0.05) is 16.9 Å². The first-order chi connectivity index (χ1) is 13.3. The van der Waals surface area contributed by atoms with E-state index in [0.29, 0.717) is 16.8 Å². The number of alkyl halides is 3. The van der Waals surface area contributed by atoms with E-state index in [9.17, 15) is 18.0 Å². The zero-order chi connectivity index (χ0) is 20.1. The summed E-state index contributed by atoms with van der Waals surface area (Å²) in [4.78, 5) is 14.6. The van der Waals surface area contributed by atoms with Gasteiger partial charge in [0.05, 0.1) is 11.6 Å². The summed E-state index contributed by atoms with van der Waals surface area (Å²) >= 11 is 0. The number of amides is 1. The number of fused-ring (bicyclic) bond motifs is 1. The molecule has 0 fully saturated rings. The SMILES string of the molecule is CC(C)c1[nH]nc2c1C(c1cccc(C(F)(F)F)c1)N(c1ccccc1)C2=O. The zero-order valence-corrected chi connectivity index (χ0v) is 15.3. The van der Waals surface area contributed by atoms with Gasteiger partial charge in [-0.25, -0.2) is 0 Å². The quantitative estimate of drug-likeness (QED) is 0.665. The maximum Gasteiger partial charge on any atom is 0.416 e. The van der Waals surface area contributed by atoms with E-state index in [2.05, 4.69) is 10.2 Å². The van der Waals surface area contributed by atoms with E-state index in [4.69, 9.17) is 0 Å². The Morgan fingerprint density at radius 1 is 1.07 bits per heavy atom. The Kier molecular flexibility index (Phi) is 4.25. The summed E-state index contributed by atoms with van der Waals surface area (Å²) in [7, 11) is 0. The molecule has 0 bridgehead atoms. The summed E-state index contributed by atoms with van der Waals surface area (Å²) in [6.07, 6.45) is -4.46. The first-order valence-corrected chi connectivity index (χ1v) is 8.93. The number of benzene rings is 2. The Labute approximate surface area is 160 Å². The van der Waals surface area contributed by atoms with Crippen LogP contribution in [0.3, 0.4) is 0 Å². The van der Waals surface area contributed by atoms with Crippen molar-refractivity contribution < 1.29 is 18.0 Å². The minimum absolute atomic E-state index is 0.0353. The number of nitrogens with one attached hydrogen (secondary N) is 1. The van der Waals surface area contributed by atoms with Gasteiger partial charge in [0.2, 0.25) is 0 Å². The third-order valence-corrected chi connectivity index (χ3v) is 4.93. The number of H-pyrrole nitrogens is 1. The van der Waals surface area contributed by atoms with Crippen LogP contribution in [-0.4, -0.2) is 16.1 Å². The molecule has 0 saturated heterocycles. The molecule has 0 radical (unpaired) electrons.